The second-order valence-corrected chi connectivity index (χ2v) is 5.31. The number of benzene rings is 1. The Hall–Kier alpha value is -1.26. The van der Waals surface area contributed by atoms with Crippen molar-refractivity contribution in [2.45, 2.75) is 37.3 Å². The van der Waals surface area contributed by atoms with Crippen molar-refractivity contribution < 1.29 is 14.2 Å². The summed E-state index contributed by atoms with van der Waals surface area (Å²) in [7, 11) is 7.17. The number of hydrogen-bond acceptors (Lipinski definition) is 4. The highest BCUT2D eigenvalue weighted by Crippen LogP contribution is 2.45. The van der Waals surface area contributed by atoms with Crippen LogP contribution in [0, 0.1) is 0 Å². The first-order chi connectivity index (χ1) is 9.70. The van der Waals surface area contributed by atoms with Gasteiger partial charge in [0.25, 0.3) is 0 Å². The summed E-state index contributed by atoms with van der Waals surface area (Å²) in [5.74, 6) is 1.71. The zero-order chi connectivity index (χ0) is 14.6. The van der Waals surface area contributed by atoms with Gasteiger partial charge in [-0.15, -0.1) is 0 Å². The molecule has 20 heavy (non-hydrogen) atoms. The minimum absolute atomic E-state index is 0.0973. The predicted octanol–water partition coefficient (Wildman–Crippen LogP) is 2.92. The third-order valence-corrected chi connectivity index (χ3v) is 4.42. The lowest BCUT2D eigenvalue weighted by atomic mass is 9.86. The number of nitrogens with one attached hydrogen (secondary N) is 1. The first-order valence-corrected chi connectivity index (χ1v) is 7.15. The number of hydrogen-bond donors (Lipinski definition) is 1. The van der Waals surface area contributed by atoms with Gasteiger partial charge in [-0.25, -0.2) is 0 Å². The van der Waals surface area contributed by atoms with Crippen LogP contribution in [-0.2, 0) is 4.74 Å². The third-order valence-electron chi connectivity index (χ3n) is 4.42. The fourth-order valence-electron chi connectivity index (χ4n) is 3.35. The highest BCUT2D eigenvalue weighted by atomic mass is 16.5. The monoisotopic (exact) mass is 279 g/mol. The summed E-state index contributed by atoms with van der Waals surface area (Å²) in [4.78, 5) is 0. The second kappa shape index (κ2) is 6.46. The quantitative estimate of drug-likeness (QED) is 0.869. The normalized spacial score (nSPS) is 18.8. The smallest absolute Gasteiger partial charge is 0.124 e. The van der Waals surface area contributed by atoms with Crippen molar-refractivity contribution in [3.8, 4) is 11.5 Å². The van der Waals surface area contributed by atoms with E-state index in [-0.39, 0.29) is 11.6 Å². The highest BCUT2D eigenvalue weighted by Gasteiger charge is 2.42. The van der Waals surface area contributed by atoms with Gasteiger partial charge in [-0.3, -0.25) is 0 Å². The maximum Gasteiger partial charge on any atom is 0.124 e. The SMILES string of the molecule is CNC(c1cc(OC)ccc1OC)C1(OC)CCCC1. The highest BCUT2D eigenvalue weighted by molar-refractivity contribution is 5.43. The Morgan fingerprint density at radius 2 is 1.80 bits per heavy atom. The lowest BCUT2D eigenvalue weighted by Gasteiger charge is -2.37. The Bertz CT molecular complexity index is 441. The van der Waals surface area contributed by atoms with Gasteiger partial charge in [0.2, 0.25) is 0 Å². The second-order valence-electron chi connectivity index (χ2n) is 5.31. The number of methoxy groups -OCH3 is 3. The fraction of sp³-hybridized carbons (Fsp3) is 0.625. The molecule has 1 N–H and O–H groups in total. The Morgan fingerprint density at radius 1 is 1.10 bits per heavy atom. The van der Waals surface area contributed by atoms with Crippen molar-refractivity contribution in [2.75, 3.05) is 28.4 Å². The van der Waals surface area contributed by atoms with Crippen molar-refractivity contribution in [1.29, 1.82) is 0 Å². The lowest BCUT2D eigenvalue weighted by Crippen LogP contribution is -2.42. The number of likely N-dealkylation sites (N-methyl/N-ethyl adjacent to an activating group) is 1. The molecule has 0 aromatic heterocycles. The third kappa shape index (κ3) is 2.63. The van der Waals surface area contributed by atoms with E-state index in [1.165, 1.54) is 12.8 Å². The van der Waals surface area contributed by atoms with Crippen LogP contribution in [0.2, 0.25) is 0 Å². The Morgan fingerprint density at radius 3 is 2.30 bits per heavy atom. The Labute approximate surface area is 121 Å². The van der Waals surface area contributed by atoms with Crippen LogP contribution >= 0.6 is 0 Å². The predicted molar refractivity (Wildman–Crippen MR) is 79.6 cm³/mol. The van der Waals surface area contributed by atoms with Crippen molar-refractivity contribution in [2.24, 2.45) is 0 Å². The summed E-state index contributed by atoms with van der Waals surface area (Å²) in [6, 6.07) is 6.01. The fourth-order valence-corrected chi connectivity index (χ4v) is 3.35. The molecule has 1 fully saturated rings. The van der Waals surface area contributed by atoms with Crippen LogP contribution in [-0.4, -0.2) is 34.0 Å². The molecule has 0 aliphatic heterocycles. The van der Waals surface area contributed by atoms with Gasteiger partial charge in [-0.05, 0) is 38.1 Å². The van der Waals surface area contributed by atoms with Crippen LogP contribution in [0.1, 0.15) is 37.3 Å². The van der Waals surface area contributed by atoms with Crippen LogP contribution in [0.4, 0.5) is 0 Å². The molecule has 1 unspecified atom stereocenters. The standard InChI is InChI=1S/C16H25NO3/c1-17-15(16(20-4)9-5-6-10-16)13-11-12(18-2)7-8-14(13)19-3/h7-8,11,15,17H,5-6,9-10H2,1-4H3. The van der Waals surface area contributed by atoms with Crippen molar-refractivity contribution in [1.82, 2.24) is 5.32 Å². The van der Waals surface area contributed by atoms with Crippen molar-refractivity contribution in [3.05, 3.63) is 23.8 Å². The maximum atomic E-state index is 5.92. The topological polar surface area (TPSA) is 39.7 Å². The molecule has 0 bridgehead atoms. The molecule has 0 radical (unpaired) electrons. The zero-order valence-electron chi connectivity index (χ0n) is 12.9. The molecule has 0 amide bonds. The Kier molecular flexibility index (Phi) is 4.89. The van der Waals surface area contributed by atoms with Gasteiger partial charge in [-0.2, -0.15) is 0 Å². The molecule has 1 aromatic rings. The molecule has 4 heteroatoms. The van der Waals surface area contributed by atoms with Gasteiger partial charge in [0.1, 0.15) is 11.5 Å². The van der Waals surface area contributed by atoms with E-state index >= 15 is 0 Å². The molecule has 1 atom stereocenters. The van der Waals surface area contributed by atoms with Gasteiger partial charge >= 0.3 is 0 Å². The molecule has 1 aliphatic carbocycles. The van der Waals surface area contributed by atoms with Gasteiger partial charge < -0.3 is 19.5 Å². The number of rotatable bonds is 6. The molecule has 1 saturated carbocycles. The molecular formula is C16H25NO3. The summed E-state index contributed by atoms with van der Waals surface area (Å²) in [6.07, 6.45) is 4.54. The van der Waals surface area contributed by atoms with Crippen molar-refractivity contribution in [3.63, 3.8) is 0 Å². The molecule has 2 rings (SSSR count). The van der Waals surface area contributed by atoms with Crippen molar-refractivity contribution >= 4 is 0 Å². The van der Waals surface area contributed by atoms with Gasteiger partial charge in [0.15, 0.2) is 0 Å². The van der Waals surface area contributed by atoms with E-state index in [1.54, 1.807) is 14.2 Å². The molecule has 112 valence electrons. The minimum Gasteiger partial charge on any atom is -0.497 e. The largest absolute Gasteiger partial charge is 0.497 e. The average Bonchev–Trinajstić information content (AvgIpc) is 2.98. The lowest BCUT2D eigenvalue weighted by molar-refractivity contribution is -0.0354. The van der Waals surface area contributed by atoms with E-state index in [2.05, 4.69) is 5.32 Å². The molecule has 4 nitrogen and oxygen atoms in total. The first-order valence-electron chi connectivity index (χ1n) is 7.15. The van der Waals surface area contributed by atoms with Crippen LogP contribution in [0.3, 0.4) is 0 Å². The summed E-state index contributed by atoms with van der Waals surface area (Å²) < 4.78 is 16.8. The summed E-state index contributed by atoms with van der Waals surface area (Å²) in [5.41, 5.74) is 0.937. The zero-order valence-corrected chi connectivity index (χ0v) is 12.9. The molecule has 1 aromatic carbocycles. The summed E-state index contributed by atoms with van der Waals surface area (Å²) in [6.45, 7) is 0. The van der Waals surface area contributed by atoms with E-state index in [9.17, 15) is 0 Å². The average molecular weight is 279 g/mol. The van der Waals surface area contributed by atoms with Crippen LogP contribution in [0.25, 0.3) is 0 Å². The van der Waals surface area contributed by atoms with Crippen LogP contribution in [0.15, 0.2) is 18.2 Å². The van der Waals surface area contributed by atoms with E-state index in [4.69, 9.17) is 14.2 Å². The van der Waals surface area contributed by atoms with Gasteiger partial charge in [0, 0.05) is 12.7 Å². The summed E-state index contributed by atoms with van der Waals surface area (Å²) >= 11 is 0. The molecule has 0 saturated heterocycles. The molecule has 1 aliphatic rings. The first kappa shape index (κ1) is 15.1. The van der Waals surface area contributed by atoms with E-state index < -0.39 is 0 Å². The van der Waals surface area contributed by atoms with Crippen LogP contribution in [0.5, 0.6) is 11.5 Å². The minimum atomic E-state index is -0.158. The van der Waals surface area contributed by atoms with E-state index in [0.717, 1.165) is 29.9 Å². The van der Waals surface area contributed by atoms with Gasteiger partial charge in [0.05, 0.1) is 25.9 Å². The molecule has 0 heterocycles. The number of ether oxygens (including phenoxy) is 3. The van der Waals surface area contributed by atoms with Gasteiger partial charge in [-0.1, -0.05) is 12.8 Å². The maximum absolute atomic E-state index is 5.92. The summed E-state index contributed by atoms with van der Waals surface area (Å²) in [5, 5.41) is 3.42. The van der Waals surface area contributed by atoms with Crippen LogP contribution < -0.4 is 14.8 Å². The molecule has 0 spiro atoms. The molecular weight excluding hydrogens is 254 g/mol. The van der Waals surface area contributed by atoms with E-state index in [1.807, 2.05) is 32.4 Å². The Balaban J connectivity index is 2.44. The van der Waals surface area contributed by atoms with E-state index in [0.29, 0.717) is 0 Å².